The van der Waals surface area contributed by atoms with Crippen LogP contribution in [-0.2, 0) is 0 Å². The molecule has 112 valence electrons. The second-order valence-corrected chi connectivity index (χ2v) is 5.05. The van der Waals surface area contributed by atoms with Gasteiger partial charge in [-0.15, -0.1) is 0 Å². The lowest BCUT2D eigenvalue weighted by Gasteiger charge is -2.18. The Morgan fingerprint density at radius 1 is 1.43 bits per heavy atom. The Hall–Kier alpha value is -1.85. The molecule has 2 aromatic heterocycles. The number of methoxy groups -OCH3 is 1. The number of nitrogens with zero attached hydrogens (tertiary/aromatic N) is 2. The van der Waals surface area contributed by atoms with Gasteiger partial charge >= 0.3 is 0 Å². The molecule has 2 heterocycles. The number of aliphatic hydroxyl groups excluding tert-OH is 1. The standard InChI is InChI=1S/C15H18ClN3O2/c1-10(5-7-20)19-12-8-14(16)18-9-11(12)15-13(21-2)4-3-6-17-15/h3-4,6,8-10,20H,5,7H2,1-2H3,(H,18,19)/t10-/m0/s1. The number of anilines is 1. The maximum atomic E-state index is 9.03. The molecule has 0 spiro atoms. The van der Waals surface area contributed by atoms with Crippen LogP contribution in [0.15, 0.2) is 30.6 Å². The first-order chi connectivity index (χ1) is 10.2. The summed E-state index contributed by atoms with van der Waals surface area (Å²) in [6, 6.07) is 5.51. The third kappa shape index (κ3) is 3.83. The van der Waals surface area contributed by atoms with Gasteiger partial charge in [-0.05, 0) is 31.5 Å². The molecule has 0 aliphatic heterocycles. The van der Waals surface area contributed by atoms with E-state index in [4.69, 9.17) is 21.4 Å². The molecule has 0 radical (unpaired) electrons. The van der Waals surface area contributed by atoms with Gasteiger partial charge in [-0.1, -0.05) is 11.6 Å². The number of rotatable bonds is 6. The highest BCUT2D eigenvalue weighted by molar-refractivity contribution is 6.29. The van der Waals surface area contributed by atoms with Crippen molar-refractivity contribution in [2.75, 3.05) is 19.0 Å². The van der Waals surface area contributed by atoms with E-state index in [1.807, 2.05) is 19.1 Å². The normalized spacial score (nSPS) is 12.0. The first-order valence-electron chi connectivity index (χ1n) is 6.68. The van der Waals surface area contributed by atoms with Crippen molar-refractivity contribution >= 4 is 17.3 Å². The minimum Gasteiger partial charge on any atom is -0.494 e. The Kier molecular flexibility index (Phi) is 5.36. The van der Waals surface area contributed by atoms with E-state index in [9.17, 15) is 0 Å². The molecule has 2 aromatic rings. The summed E-state index contributed by atoms with van der Waals surface area (Å²) in [5.41, 5.74) is 2.32. The van der Waals surface area contributed by atoms with Crippen LogP contribution >= 0.6 is 11.6 Å². The summed E-state index contributed by atoms with van der Waals surface area (Å²) in [6.07, 6.45) is 4.01. The third-order valence-electron chi connectivity index (χ3n) is 3.08. The number of nitrogens with one attached hydrogen (secondary N) is 1. The second-order valence-electron chi connectivity index (χ2n) is 4.66. The van der Waals surface area contributed by atoms with Gasteiger partial charge in [0.15, 0.2) is 0 Å². The molecule has 0 aliphatic carbocycles. The summed E-state index contributed by atoms with van der Waals surface area (Å²) in [4.78, 5) is 8.49. The fraction of sp³-hybridized carbons (Fsp3) is 0.333. The van der Waals surface area contributed by atoms with E-state index in [0.717, 1.165) is 11.3 Å². The van der Waals surface area contributed by atoms with Crippen LogP contribution in [0.25, 0.3) is 11.3 Å². The SMILES string of the molecule is COc1cccnc1-c1cnc(Cl)cc1N[C@@H](C)CCO. The summed E-state index contributed by atoms with van der Waals surface area (Å²) in [6.45, 7) is 2.11. The largest absolute Gasteiger partial charge is 0.494 e. The van der Waals surface area contributed by atoms with Crippen molar-refractivity contribution in [3.8, 4) is 17.0 Å². The predicted molar refractivity (Wildman–Crippen MR) is 83.8 cm³/mol. The molecule has 0 aromatic carbocycles. The number of aliphatic hydroxyl groups is 1. The highest BCUT2D eigenvalue weighted by Gasteiger charge is 2.14. The van der Waals surface area contributed by atoms with Crippen molar-refractivity contribution < 1.29 is 9.84 Å². The van der Waals surface area contributed by atoms with E-state index in [1.54, 1.807) is 25.6 Å². The van der Waals surface area contributed by atoms with E-state index in [0.29, 0.717) is 23.0 Å². The van der Waals surface area contributed by atoms with Crippen molar-refractivity contribution in [2.24, 2.45) is 0 Å². The second kappa shape index (κ2) is 7.24. The van der Waals surface area contributed by atoms with Crippen molar-refractivity contribution in [1.82, 2.24) is 9.97 Å². The molecule has 2 rings (SSSR count). The van der Waals surface area contributed by atoms with Gasteiger partial charge in [0.05, 0.1) is 7.11 Å². The minimum absolute atomic E-state index is 0.0990. The average molecular weight is 308 g/mol. The van der Waals surface area contributed by atoms with Crippen molar-refractivity contribution in [1.29, 1.82) is 0 Å². The van der Waals surface area contributed by atoms with Crippen molar-refractivity contribution in [3.63, 3.8) is 0 Å². The molecule has 0 saturated heterocycles. The van der Waals surface area contributed by atoms with E-state index >= 15 is 0 Å². The fourth-order valence-corrected chi connectivity index (χ4v) is 2.18. The van der Waals surface area contributed by atoms with Crippen LogP contribution in [0.4, 0.5) is 5.69 Å². The number of ether oxygens (including phenoxy) is 1. The predicted octanol–water partition coefficient (Wildman–Crippen LogP) is 2.99. The quantitative estimate of drug-likeness (QED) is 0.803. The number of halogens is 1. The highest BCUT2D eigenvalue weighted by atomic mass is 35.5. The molecule has 1 atom stereocenters. The molecule has 0 amide bonds. The maximum Gasteiger partial charge on any atom is 0.145 e. The summed E-state index contributed by atoms with van der Waals surface area (Å²) in [5, 5.41) is 12.7. The Bertz CT molecular complexity index is 607. The van der Waals surface area contributed by atoms with Crippen LogP contribution in [0, 0.1) is 0 Å². The lowest BCUT2D eigenvalue weighted by Crippen LogP contribution is -2.17. The van der Waals surface area contributed by atoms with Crippen LogP contribution in [0.1, 0.15) is 13.3 Å². The molecule has 21 heavy (non-hydrogen) atoms. The fourth-order valence-electron chi connectivity index (χ4n) is 2.03. The molecule has 0 fully saturated rings. The number of hydrogen-bond acceptors (Lipinski definition) is 5. The molecular formula is C15H18ClN3O2. The van der Waals surface area contributed by atoms with Gasteiger partial charge in [-0.2, -0.15) is 0 Å². The van der Waals surface area contributed by atoms with E-state index in [1.165, 1.54) is 0 Å². The summed E-state index contributed by atoms with van der Waals surface area (Å²) < 4.78 is 5.35. The molecule has 5 nitrogen and oxygen atoms in total. The zero-order valence-electron chi connectivity index (χ0n) is 12.0. The van der Waals surface area contributed by atoms with Gasteiger partial charge in [0.1, 0.15) is 16.6 Å². The molecule has 0 bridgehead atoms. The summed E-state index contributed by atoms with van der Waals surface area (Å²) in [7, 11) is 1.60. The Labute approximate surface area is 129 Å². The van der Waals surface area contributed by atoms with Crippen molar-refractivity contribution in [2.45, 2.75) is 19.4 Å². The lowest BCUT2D eigenvalue weighted by atomic mass is 10.1. The number of aromatic nitrogens is 2. The highest BCUT2D eigenvalue weighted by Crippen LogP contribution is 2.34. The molecule has 0 aliphatic rings. The Morgan fingerprint density at radius 3 is 2.95 bits per heavy atom. The van der Waals surface area contributed by atoms with Crippen LogP contribution in [0.5, 0.6) is 5.75 Å². The van der Waals surface area contributed by atoms with Crippen LogP contribution in [0.3, 0.4) is 0 Å². The minimum atomic E-state index is 0.0990. The topological polar surface area (TPSA) is 67.3 Å². The van der Waals surface area contributed by atoms with Crippen LogP contribution < -0.4 is 10.1 Å². The van der Waals surface area contributed by atoms with Gasteiger partial charge in [0, 0.05) is 36.3 Å². The zero-order chi connectivity index (χ0) is 15.2. The first kappa shape index (κ1) is 15.5. The van der Waals surface area contributed by atoms with Crippen LogP contribution in [-0.4, -0.2) is 34.8 Å². The average Bonchev–Trinajstić information content (AvgIpc) is 2.48. The molecular weight excluding hydrogens is 290 g/mol. The monoisotopic (exact) mass is 307 g/mol. The molecule has 0 saturated carbocycles. The number of hydrogen-bond donors (Lipinski definition) is 2. The lowest BCUT2D eigenvalue weighted by molar-refractivity contribution is 0.282. The van der Waals surface area contributed by atoms with Gasteiger partial charge in [-0.3, -0.25) is 4.98 Å². The van der Waals surface area contributed by atoms with Crippen molar-refractivity contribution in [3.05, 3.63) is 35.7 Å². The summed E-state index contributed by atoms with van der Waals surface area (Å²) >= 11 is 5.99. The third-order valence-corrected chi connectivity index (χ3v) is 3.29. The summed E-state index contributed by atoms with van der Waals surface area (Å²) in [5.74, 6) is 0.666. The van der Waals surface area contributed by atoms with Gasteiger partial charge in [-0.25, -0.2) is 4.98 Å². The first-order valence-corrected chi connectivity index (χ1v) is 7.05. The smallest absolute Gasteiger partial charge is 0.145 e. The van der Waals surface area contributed by atoms with Crippen LogP contribution in [0.2, 0.25) is 5.15 Å². The van der Waals surface area contributed by atoms with E-state index < -0.39 is 0 Å². The van der Waals surface area contributed by atoms with Gasteiger partial charge in [0.25, 0.3) is 0 Å². The van der Waals surface area contributed by atoms with Gasteiger partial charge in [0.2, 0.25) is 0 Å². The maximum absolute atomic E-state index is 9.03. The Morgan fingerprint density at radius 2 is 2.24 bits per heavy atom. The van der Waals surface area contributed by atoms with E-state index in [2.05, 4.69) is 15.3 Å². The molecule has 2 N–H and O–H groups in total. The zero-order valence-corrected chi connectivity index (χ0v) is 12.8. The number of pyridine rings is 2. The molecule has 6 heteroatoms. The van der Waals surface area contributed by atoms with Gasteiger partial charge < -0.3 is 15.2 Å². The Balaban J connectivity index is 2.43. The molecule has 0 unspecified atom stereocenters. The van der Waals surface area contributed by atoms with E-state index in [-0.39, 0.29) is 12.6 Å².